The number of carbonyl (C=O) groups excluding carboxylic acids is 1. The Hall–Kier alpha value is -2.79. The van der Waals surface area contributed by atoms with Crippen LogP contribution in [0.15, 0.2) is 69.8 Å². The minimum atomic E-state index is -0.567. The highest BCUT2D eigenvalue weighted by Crippen LogP contribution is 2.40. The first kappa shape index (κ1) is 20.0. The molecule has 2 aromatic rings. The molecule has 1 heterocycles. The van der Waals surface area contributed by atoms with Gasteiger partial charge in [0.25, 0.3) is 0 Å². The highest BCUT2D eigenvalue weighted by atomic mass is 32.2. The molecule has 5 heteroatoms. The number of ether oxygens (including phenoxy) is 1. The number of hydrogen-bond acceptors (Lipinski definition) is 5. The summed E-state index contributed by atoms with van der Waals surface area (Å²) >= 11 is 1.27. The van der Waals surface area contributed by atoms with Gasteiger partial charge in [-0.15, -0.1) is 0 Å². The largest absolute Gasteiger partial charge is 0.506 e. The molecule has 28 heavy (non-hydrogen) atoms. The van der Waals surface area contributed by atoms with E-state index in [1.165, 1.54) is 17.3 Å². The van der Waals surface area contributed by atoms with E-state index in [1.54, 1.807) is 6.92 Å². The normalized spacial score (nSPS) is 16.8. The number of esters is 1. The van der Waals surface area contributed by atoms with E-state index in [4.69, 9.17) is 4.74 Å². The van der Waals surface area contributed by atoms with Gasteiger partial charge >= 0.3 is 5.97 Å². The third kappa shape index (κ3) is 4.54. The number of thioether (sulfide) groups is 1. The Morgan fingerprint density at radius 2 is 1.79 bits per heavy atom. The second-order valence-corrected chi connectivity index (χ2v) is 7.43. The first-order valence-corrected chi connectivity index (χ1v) is 10.1. The van der Waals surface area contributed by atoms with Gasteiger partial charge in [-0.3, -0.25) is 0 Å². The van der Waals surface area contributed by atoms with Crippen molar-refractivity contribution in [1.29, 1.82) is 0 Å². The van der Waals surface area contributed by atoms with Crippen LogP contribution in [0.1, 0.15) is 30.5 Å². The van der Waals surface area contributed by atoms with Crippen LogP contribution in [0, 0.1) is 6.92 Å². The second-order valence-electron chi connectivity index (χ2n) is 6.40. The molecule has 0 aromatic heterocycles. The zero-order valence-electron chi connectivity index (χ0n) is 16.2. The van der Waals surface area contributed by atoms with Crippen molar-refractivity contribution < 1.29 is 14.6 Å². The SMILES string of the molecule is CCOC(=O)C1=C(O)/C(=C\c2ccc(CC)cc2)SC1=Nc1ccc(C)cc1. The summed E-state index contributed by atoms with van der Waals surface area (Å²) in [7, 11) is 0. The lowest BCUT2D eigenvalue weighted by molar-refractivity contribution is -0.138. The van der Waals surface area contributed by atoms with Gasteiger partial charge in [0.1, 0.15) is 16.4 Å². The molecule has 1 aliphatic heterocycles. The lowest BCUT2D eigenvalue weighted by Gasteiger charge is -2.04. The van der Waals surface area contributed by atoms with Crippen LogP contribution >= 0.6 is 11.8 Å². The van der Waals surface area contributed by atoms with E-state index in [0.29, 0.717) is 9.95 Å². The molecule has 2 aromatic carbocycles. The maximum atomic E-state index is 12.4. The van der Waals surface area contributed by atoms with Crippen molar-refractivity contribution in [2.45, 2.75) is 27.2 Å². The summed E-state index contributed by atoms with van der Waals surface area (Å²) in [5.74, 6) is -0.656. The molecular formula is C23H23NO3S. The molecular weight excluding hydrogens is 370 g/mol. The molecule has 0 aliphatic carbocycles. The van der Waals surface area contributed by atoms with Crippen LogP contribution in [-0.2, 0) is 16.0 Å². The number of nitrogens with zero attached hydrogens (tertiary/aromatic N) is 1. The third-order valence-corrected chi connectivity index (χ3v) is 5.34. The predicted molar refractivity (Wildman–Crippen MR) is 116 cm³/mol. The molecule has 0 bridgehead atoms. The zero-order chi connectivity index (χ0) is 20.1. The van der Waals surface area contributed by atoms with Gasteiger partial charge in [-0.2, -0.15) is 0 Å². The Morgan fingerprint density at radius 1 is 1.11 bits per heavy atom. The van der Waals surface area contributed by atoms with Gasteiger partial charge in [0.15, 0.2) is 0 Å². The van der Waals surface area contributed by atoms with Crippen LogP contribution in [0.4, 0.5) is 5.69 Å². The number of aliphatic hydroxyl groups excluding tert-OH is 1. The highest BCUT2D eigenvalue weighted by Gasteiger charge is 2.33. The molecule has 1 aliphatic rings. The molecule has 0 unspecified atom stereocenters. The van der Waals surface area contributed by atoms with Gasteiger partial charge in [-0.25, -0.2) is 9.79 Å². The maximum Gasteiger partial charge on any atom is 0.344 e. The predicted octanol–water partition coefficient (Wildman–Crippen LogP) is 5.75. The minimum Gasteiger partial charge on any atom is -0.506 e. The molecule has 0 saturated heterocycles. The number of aryl methyl sites for hydroxylation is 2. The maximum absolute atomic E-state index is 12.4. The Bertz CT molecular complexity index is 954. The average molecular weight is 394 g/mol. The summed E-state index contributed by atoms with van der Waals surface area (Å²) in [6.07, 6.45) is 2.83. The Kier molecular flexibility index (Phi) is 6.37. The van der Waals surface area contributed by atoms with Crippen molar-refractivity contribution in [3.63, 3.8) is 0 Å². The van der Waals surface area contributed by atoms with E-state index >= 15 is 0 Å². The first-order chi connectivity index (χ1) is 13.5. The van der Waals surface area contributed by atoms with E-state index < -0.39 is 5.97 Å². The monoisotopic (exact) mass is 393 g/mol. The molecule has 144 valence electrons. The van der Waals surface area contributed by atoms with E-state index in [0.717, 1.165) is 23.2 Å². The van der Waals surface area contributed by atoms with Crippen LogP contribution in [0.2, 0.25) is 0 Å². The molecule has 0 saturated carbocycles. The van der Waals surface area contributed by atoms with Crippen LogP contribution in [0.25, 0.3) is 6.08 Å². The fourth-order valence-electron chi connectivity index (χ4n) is 2.73. The van der Waals surface area contributed by atoms with Crippen molar-refractivity contribution in [1.82, 2.24) is 0 Å². The minimum absolute atomic E-state index is 0.0890. The van der Waals surface area contributed by atoms with Crippen molar-refractivity contribution >= 4 is 34.5 Å². The van der Waals surface area contributed by atoms with E-state index in [9.17, 15) is 9.90 Å². The quantitative estimate of drug-likeness (QED) is 0.657. The molecule has 3 rings (SSSR count). The zero-order valence-corrected chi connectivity index (χ0v) is 17.0. The fourth-order valence-corrected chi connectivity index (χ4v) is 3.76. The number of rotatable bonds is 5. The van der Waals surface area contributed by atoms with Crippen molar-refractivity contribution in [2.75, 3.05) is 6.61 Å². The summed E-state index contributed by atoms with van der Waals surface area (Å²) in [5, 5.41) is 11.2. The molecule has 0 amide bonds. The standard InChI is InChI=1S/C23H23NO3S/c1-4-16-8-10-17(11-9-16)14-19-21(25)20(23(26)27-5-2)22(28-19)24-18-12-6-15(3)7-13-18/h6-14,25H,4-5H2,1-3H3/b19-14+,24-22?. The van der Waals surface area contributed by atoms with Crippen LogP contribution in [0.3, 0.4) is 0 Å². The van der Waals surface area contributed by atoms with Crippen molar-refractivity contribution in [3.8, 4) is 0 Å². The molecule has 0 atom stereocenters. The Balaban J connectivity index is 2.00. The van der Waals surface area contributed by atoms with E-state index in [2.05, 4.69) is 24.0 Å². The summed E-state index contributed by atoms with van der Waals surface area (Å²) in [4.78, 5) is 17.6. The summed E-state index contributed by atoms with van der Waals surface area (Å²) in [6.45, 7) is 6.08. The smallest absolute Gasteiger partial charge is 0.344 e. The van der Waals surface area contributed by atoms with Gasteiger partial charge in [-0.1, -0.05) is 60.6 Å². The van der Waals surface area contributed by atoms with Crippen molar-refractivity contribution in [3.05, 3.63) is 81.5 Å². The third-order valence-electron chi connectivity index (χ3n) is 4.32. The molecule has 0 radical (unpaired) electrons. The number of aliphatic imine (C=N–C) groups is 1. The summed E-state index contributed by atoms with van der Waals surface area (Å²) < 4.78 is 5.13. The molecule has 0 spiro atoms. The van der Waals surface area contributed by atoms with E-state index in [1.807, 2.05) is 49.4 Å². The van der Waals surface area contributed by atoms with Crippen LogP contribution in [0.5, 0.6) is 0 Å². The average Bonchev–Trinajstić information content (AvgIpc) is 2.99. The van der Waals surface area contributed by atoms with E-state index in [-0.39, 0.29) is 17.9 Å². The van der Waals surface area contributed by atoms with Crippen molar-refractivity contribution in [2.24, 2.45) is 4.99 Å². The topological polar surface area (TPSA) is 58.9 Å². The first-order valence-electron chi connectivity index (χ1n) is 9.26. The van der Waals surface area contributed by atoms with Gasteiger partial charge in [0.05, 0.1) is 17.2 Å². The lowest BCUT2D eigenvalue weighted by atomic mass is 10.1. The van der Waals surface area contributed by atoms with Crippen LogP contribution < -0.4 is 0 Å². The molecule has 1 N–H and O–H groups in total. The summed E-state index contributed by atoms with van der Waals surface area (Å²) in [5.41, 5.74) is 4.16. The molecule has 0 fully saturated rings. The van der Waals surface area contributed by atoms with Crippen LogP contribution in [-0.4, -0.2) is 22.7 Å². The van der Waals surface area contributed by atoms with Gasteiger partial charge in [-0.05, 0) is 49.6 Å². The number of carbonyl (C=O) groups is 1. The second kappa shape index (κ2) is 8.93. The number of benzene rings is 2. The van der Waals surface area contributed by atoms with Gasteiger partial charge in [0.2, 0.25) is 0 Å². The number of aliphatic hydroxyl groups is 1. The lowest BCUT2D eigenvalue weighted by Crippen LogP contribution is -2.12. The fraction of sp³-hybridized carbons (Fsp3) is 0.217. The molecule has 4 nitrogen and oxygen atoms in total. The Labute approximate surface area is 169 Å². The van der Waals surface area contributed by atoms with Gasteiger partial charge < -0.3 is 9.84 Å². The van der Waals surface area contributed by atoms with Gasteiger partial charge in [0, 0.05) is 0 Å². The Morgan fingerprint density at radius 3 is 2.39 bits per heavy atom. The highest BCUT2D eigenvalue weighted by molar-refractivity contribution is 8.18. The number of hydrogen-bond donors (Lipinski definition) is 1. The summed E-state index contributed by atoms with van der Waals surface area (Å²) in [6, 6.07) is 15.8.